The van der Waals surface area contributed by atoms with Crippen LogP contribution in [0.2, 0.25) is 5.02 Å². The van der Waals surface area contributed by atoms with Crippen molar-refractivity contribution >= 4 is 17.6 Å². The fourth-order valence-corrected chi connectivity index (χ4v) is 1.97. The number of nitrogens with zero attached hydrogens (tertiary/aromatic N) is 2. The molecule has 0 atom stereocenters. The predicted octanol–water partition coefficient (Wildman–Crippen LogP) is 3.17. The molecule has 0 fully saturated rings. The first-order valence-electron chi connectivity index (χ1n) is 5.68. The number of pyridine rings is 1. The summed E-state index contributed by atoms with van der Waals surface area (Å²) < 4.78 is 26.7. The van der Waals surface area contributed by atoms with Crippen molar-refractivity contribution < 1.29 is 18.7 Å². The highest BCUT2D eigenvalue weighted by Crippen LogP contribution is 2.22. The van der Waals surface area contributed by atoms with Gasteiger partial charge in [-0.05, 0) is 23.3 Å². The predicted molar refractivity (Wildman–Crippen MR) is 70.1 cm³/mol. The Morgan fingerprint density at radius 2 is 2.05 bits per heavy atom. The minimum atomic E-state index is -1.32. The third-order valence-electron chi connectivity index (χ3n) is 2.75. The van der Waals surface area contributed by atoms with Crippen molar-refractivity contribution in [2.45, 2.75) is 6.42 Å². The highest BCUT2D eigenvalue weighted by atomic mass is 35.5. The summed E-state index contributed by atoms with van der Waals surface area (Å²) in [5, 5.41) is 17.5. The number of benzene rings is 1. The summed E-state index contributed by atoms with van der Waals surface area (Å²) in [7, 11) is 0. The molecule has 7 heteroatoms. The van der Waals surface area contributed by atoms with Gasteiger partial charge >= 0.3 is 5.97 Å². The smallest absolute Gasteiger partial charge is 0.355 e. The number of carboxylic acid groups (broad SMARTS) is 1. The second-order valence-corrected chi connectivity index (χ2v) is 4.60. The van der Waals surface area contributed by atoms with E-state index in [2.05, 4.69) is 4.98 Å². The first-order valence-corrected chi connectivity index (χ1v) is 6.06. The minimum absolute atomic E-state index is 0.00735. The van der Waals surface area contributed by atoms with Crippen LogP contribution in [0.25, 0.3) is 0 Å². The zero-order chi connectivity index (χ0) is 15.6. The fraction of sp³-hybridized carbons (Fsp3) is 0.0714. The number of aromatic nitrogens is 1. The molecule has 2 aromatic rings. The van der Waals surface area contributed by atoms with E-state index in [0.717, 1.165) is 6.07 Å². The number of carbonyl (C=O) groups is 1. The summed E-state index contributed by atoms with van der Waals surface area (Å²) >= 11 is 5.59. The van der Waals surface area contributed by atoms with E-state index in [9.17, 15) is 13.6 Å². The van der Waals surface area contributed by atoms with Gasteiger partial charge in [0.05, 0.1) is 10.6 Å². The second-order valence-electron chi connectivity index (χ2n) is 4.19. The van der Waals surface area contributed by atoms with Crippen LogP contribution in [0.3, 0.4) is 0 Å². The van der Waals surface area contributed by atoms with Gasteiger partial charge in [0.1, 0.15) is 17.7 Å². The third-order valence-corrected chi connectivity index (χ3v) is 3.04. The maximum absolute atomic E-state index is 13.6. The summed E-state index contributed by atoms with van der Waals surface area (Å²) in [4.78, 5) is 14.5. The van der Waals surface area contributed by atoms with Crippen LogP contribution in [0.5, 0.6) is 0 Å². The lowest BCUT2D eigenvalue weighted by atomic mass is 10.0. The number of halogens is 3. The van der Waals surface area contributed by atoms with Crippen LogP contribution in [0.15, 0.2) is 24.4 Å². The van der Waals surface area contributed by atoms with Gasteiger partial charge in [0, 0.05) is 18.7 Å². The lowest BCUT2D eigenvalue weighted by Gasteiger charge is -2.06. The SMILES string of the molecule is N#Cc1cc(Cc2cc(Cl)c(F)cc2F)cnc1C(=O)O. The van der Waals surface area contributed by atoms with Crippen molar-refractivity contribution in [3.63, 3.8) is 0 Å². The van der Waals surface area contributed by atoms with Crippen LogP contribution in [0.1, 0.15) is 27.2 Å². The number of aromatic carboxylic acids is 1. The zero-order valence-electron chi connectivity index (χ0n) is 10.4. The maximum atomic E-state index is 13.6. The number of nitriles is 1. The third kappa shape index (κ3) is 3.15. The molecule has 1 aromatic heterocycles. The lowest BCUT2D eigenvalue weighted by Crippen LogP contribution is -2.05. The van der Waals surface area contributed by atoms with Crippen LogP contribution < -0.4 is 0 Å². The molecular weight excluding hydrogens is 302 g/mol. The van der Waals surface area contributed by atoms with Crippen LogP contribution in [-0.2, 0) is 6.42 Å². The quantitative estimate of drug-likeness (QED) is 0.884. The van der Waals surface area contributed by atoms with Gasteiger partial charge in [0.2, 0.25) is 0 Å². The average molecular weight is 309 g/mol. The normalized spacial score (nSPS) is 10.2. The molecule has 2 rings (SSSR count). The largest absolute Gasteiger partial charge is 0.476 e. The van der Waals surface area contributed by atoms with Gasteiger partial charge in [-0.1, -0.05) is 11.6 Å². The topological polar surface area (TPSA) is 74.0 Å². The minimum Gasteiger partial charge on any atom is -0.476 e. The van der Waals surface area contributed by atoms with Crippen molar-refractivity contribution in [2.75, 3.05) is 0 Å². The number of hydrogen-bond acceptors (Lipinski definition) is 3. The average Bonchev–Trinajstić information content (AvgIpc) is 2.44. The Balaban J connectivity index is 2.39. The molecule has 0 bridgehead atoms. The highest BCUT2D eigenvalue weighted by molar-refractivity contribution is 6.30. The van der Waals surface area contributed by atoms with Crippen LogP contribution in [0.4, 0.5) is 8.78 Å². The fourth-order valence-electron chi connectivity index (χ4n) is 1.78. The van der Waals surface area contributed by atoms with Crippen LogP contribution in [-0.4, -0.2) is 16.1 Å². The van der Waals surface area contributed by atoms with Crippen molar-refractivity contribution in [1.29, 1.82) is 5.26 Å². The highest BCUT2D eigenvalue weighted by Gasteiger charge is 2.14. The Morgan fingerprint density at radius 3 is 2.67 bits per heavy atom. The Kier molecular flexibility index (Phi) is 4.15. The molecule has 0 radical (unpaired) electrons. The summed E-state index contributed by atoms with van der Waals surface area (Å²) in [5.41, 5.74) is 0.0285. The van der Waals surface area contributed by atoms with Crippen molar-refractivity contribution in [3.05, 3.63) is 63.4 Å². The molecule has 1 aromatic carbocycles. The van der Waals surface area contributed by atoms with Gasteiger partial charge in [-0.2, -0.15) is 5.26 Å². The van der Waals surface area contributed by atoms with Crippen molar-refractivity contribution in [1.82, 2.24) is 4.98 Å². The molecule has 1 heterocycles. The van der Waals surface area contributed by atoms with Gasteiger partial charge in [-0.25, -0.2) is 18.6 Å². The maximum Gasteiger partial charge on any atom is 0.355 e. The lowest BCUT2D eigenvalue weighted by molar-refractivity contribution is 0.0690. The van der Waals surface area contributed by atoms with Gasteiger partial charge in [0.15, 0.2) is 5.69 Å². The number of rotatable bonds is 3. The van der Waals surface area contributed by atoms with Crippen molar-refractivity contribution in [2.24, 2.45) is 0 Å². The molecule has 0 aliphatic rings. The van der Waals surface area contributed by atoms with Crippen molar-refractivity contribution in [3.8, 4) is 6.07 Å². The first-order chi connectivity index (χ1) is 9.92. The molecular formula is C14H7ClF2N2O2. The van der Waals surface area contributed by atoms with E-state index in [1.54, 1.807) is 6.07 Å². The summed E-state index contributed by atoms with van der Waals surface area (Å²) in [6.45, 7) is 0. The monoisotopic (exact) mass is 308 g/mol. The standard InChI is InChI=1S/C14H7ClF2N2O2/c15-10-3-8(11(16)4-12(10)17)1-7-2-9(5-18)13(14(20)21)19-6-7/h2-4,6H,1H2,(H,20,21). The van der Waals surface area contributed by atoms with Gasteiger partial charge in [-0.3, -0.25) is 0 Å². The number of hydrogen-bond donors (Lipinski definition) is 1. The van der Waals surface area contributed by atoms with E-state index in [1.165, 1.54) is 12.3 Å². The van der Waals surface area contributed by atoms with Crippen LogP contribution in [0, 0.1) is 23.0 Å². The van der Waals surface area contributed by atoms with Gasteiger partial charge < -0.3 is 5.11 Å². The molecule has 106 valence electrons. The molecule has 0 spiro atoms. The summed E-state index contributed by atoms with van der Waals surface area (Å²) in [6, 6.07) is 4.82. The van der Waals surface area contributed by atoms with Gasteiger partial charge in [0.25, 0.3) is 0 Å². The molecule has 0 unspecified atom stereocenters. The number of carboxylic acids is 1. The molecule has 4 nitrogen and oxygen atoms in total. The molecule has 0 aliphatic heterocycles. The second kappa shape index (κ2) is 5.85. The van der Waals surface area contributed by atoms with E-state index in [0.29, 0.717) is 11.6 Å². The zero-order valence-corrected chi connectivity index (χ0v) is 11.2. The molecule has 0 amide bonds. The Hall–Kier alpha value is -2.52. The molecule has 0 saturated heterocycles. The van der Waals surface area contributed by atoms with E-state index < -0.39 is 17.6 Å². The van der Waals surface area contributed by atoms with Crippen LogP contribution >= 0.6 is 11.6 Å². The molecule has 1 N–H and O–H groups in total. The summed E-state index contributed by atoms with van der Waals surface area (Å²) in [6.07, 6.45) is 1.23. The molecule has 21 heavy (non-hydrogen) atoms. The van der Waals surface area contributed by atoms with E-state index in [1.807, 2.05) is 0 Å². The first kappa shape index (κ1) is 14.9. The Labute approximate surface area is 123 Å². The van der Waals surface area contributed by atoms with E-state index in [-0.39, 0.29) is 28.3 Å². The van der Waals surface area contributed by atoms with Gasteiger partial charge in [-0.15, -0.1) is 0 Å². The van der Waals surface area contributed by atoms with E-state index >= 15 is 0 Å². The Morgan fingerprint density at radius 1 is 1.33 bits per heavy atom. The Bertz CT molecular complexity index is 772. The molecule has 0 aliphatic carbocycles. The van der Waals surface area contributed by atoms with E-state index in [4.69, 9.17) is 22.0 Å². The molecule has 0 saturated carbocycles. The summed E-state index contributed by atoms with van der Waals surface area (Å²) in [5.74, 6) is -2.97.